The third kappa shape index (κ3) is 4.32. The Morgan fingerprint density at radius 1 is 1.40 bits per heavy atom. The largest absolute Gasteiger partial charge is 0.480 e. The molecule has 0 aromatic heterocycles. The molecule has 0 amide bonds. The van der Waals surface area contributed by atoms with Gasteiger partial charge >= 0.3 is 5.97 Å². The average Bonchev–Trinajstić information content (AvgIpc) is 2.16. The van der Waals surface area contributed by atoms with E-state index in [2.05, 4.69) is 5.32 Å². The van der Waals surface area contributed by atoms with E-state index in [4.69, 9.17) is 5.11 Å². The number of carboxylic acids is 1. The van der Waals surface area contributed by atoms with Gasteiger partial charge in [-0.25, -0.2) is 0 Å². The van der Waals surface area contributed by atoms with Gasteiger partial charge in [-0.1, -0.05) is 29.8 Å². The molecule has 1 aromatic carbocycles. The zero-order valence-electron chi connectivity index (χ0n) is 8.86. The summed E-state index contributed by atoms with van der Waals surface area (Å²) in [6.07, 6.45) is 0.520. The van der Waals surface area contributed by atoms with Crippen molar-refractivity contribution in [3.8, 4) is 0 Å². The number of halogens is 1. The van der Waals surface area contributed by atoms with Gasteiger partial charge in [0.2, 0.25) is 0 Å². The number of aryl methyl sites for hydroxylation is 1. The van der Waals surface area contributed by atoms with Crippen LogP contribution in [0.1, 0.15) is 11.1 Å². The molecule has 3 nitrogen and oxygen atoms in total. The molecule has 0 radical (unpaired) electrons. The Labute approximate surface area is 95.9 Å². The van der Waals surface area contributed by atoms with Crippen LogP contribution in [0.3, 0.4) is 0 Å². The molecule has 0 aliphatic carbocycles. The molecule has 0 bridgehead atoms. The first kappa shape index (κ1) is 13.9. The van der Waals surface area contributed by atoms with Crippen molar-refractivity contribution in [2.75, 3.05) is 7.05 Å². The molecule has 0 saturated carbocycles. The second-order valence-corrected chi connectivity index (χ2v) is 3.37. The number of hydrogen-bond donors (Lipinski definition) is 2. The molecule has 2 N–H and O–H groups in total. The quantitative estimate of drug-likeness (QED) is 0.825. The molecule has 0 saturated heterocycles. The van der Waals surface area contributed by atoms with E-state index in [1.54, 1.807) is 7.05 Å². The molecule has 1 aromatic rings. The highest BCUT2D eigenvalue weighted by Gasteiger charge is 2.14. The lowest BCUT2D eigenvalue weighted by atomic mass is 10.0. The van der Waals surface area contributed by atoms with Crippen molar-refractivity contribution in [1.82, 2.24) is 5.32 Å². The minimum absolute atomic E-state index is 0. The molecule has 0 fully saturated rings. The fourth-order valence-corrected chi connectivity index (χ4v) is 1.27. The maximum atomic E-state index is 10.7. The third-order valence-electron chi connectivity index (χ3n) is 2.21. The summed E-state index contributed by atoms with van der Waals surface area (Å²) in [5.41, 5.74) is 2.22. The van der Waals surface area contributed by atoms with Crippen LogP contribution in [0.5, 0.6) is 0 Å². The zero-order chi connectivity index (χ0) is 10.6. The van der Waals surface area contributed by atoms with Crippen LogP contribution in [0.4, 0.5) is 0 Å². The summed E-state index contributed by atoms with van der Waals surface area (Å²) in [7, 11) is 1.66. The summed E-state index contributed by atoms with van der Waals surface area (Å²) in [5, 5.41) is 11.6. The summed E-state index contributed by atoms with van der Waals surface area (Å²) in [6, 6.07) is 7.40. The molecule has 1 rings (SSSR count). The van der Waals surface area contributed by atoms with Gasteiger partial charge in [-0.15, -0.1) is 12.4 Å². The standard InChI is InChI=1S/C11H15NO2.ClH/c1-8-3-5-9(6-4-8)7-10(12-2)11(13)14;/h3-6,10,12H,7H2,1-2H3,(H,13,14);1H/t10-;/m0./s1. The predicted octanol–water partition coefficient (Wildman–Crippen LogP) is 1.63. The van der Waals surface area contributed by atoms with E-state index in [0.29, 0.717) is 6.42 Å². The van der Waals surface area contributed by atoms with Gasteiger partial charge in [0.15, 0.2) is 0 Å². The van der Waals surface area contributed by atoms with Gasteiger partial charge in [0.05, 0.1) is 0 Å². The van der Waals surface area contributed by atoms with Gasteiger partial charge in [-0.05, 0) is 26.0 Å². The lowest BCUT2D eigenvalue weighted by Gasteiger charge is -2.10. The smallest absolute Gasteiger partial charge is 0.321 e. The molecule has 1 atom stereocenters. The highest BCUT2D eigenvalue weighted by Crippen LogP contribution is 2.06. The molecular weight excluding hydrogens is 214 g/mol. The van der Waals surface area contributed by atoms with E-state index >= 15 is 0 Å². The number of nitrogens with one attached hydrogen (secondary N) is 1. The summed E-state index contributed by atoms with van der Waals surface area (Å²) >= 11 is 0. The van der Waals surface area contributed by atoms with Gasteiger partial charge in [0.1, 0.15) is 6.04 Å². The van der Waals surface area contributed by atoms with Gasteiger partial charge < -0.3 is 10.4 Å². The summed E-state index contributed by atoms with van der Waals surface area (Å²) in [5.74, 6) is -0.812. The van der Waals surface area contributed by atoms with Crippen LogP contribution >= 0.6 is 12.4 Å². The zero-order valence-corrected chi connectivity index (χ0v) is 9.67. The Hall–Kier alpha value is -1.06. The first-order valence-corrected chi connectivity index (χ1v) is 4.59. The molecule has 4 heteroatoms. The molecule has 0 aliphatic rings. The van der Waals surface area contributed by atoms with E-state index in [0.717, 1.165) is 5.56 Å². The summed E-state index contributed by atoms with van der Waals surface area (Å²) in [6.45, 7) is 2.01. The second-order valence-electron chi connectivity index (χ2n) is 3.37. The van der Waals surface area contributed by atoms with Crippen LogP contribution < -0.4 is 5.32 Å². The topological polar surface area (TPSA) is 49.3 Å². The van der Waals surface area contributed by atoms with Crippen molar-refractivity contribution >= 4 is 18.4 Å². The number of likely N-dealkylation sites (N-methyl/N-ethyl adjacent to an activating group) is 1. The SMILES string of the molecule is CN[C@@H](Cc1ccc(C)cc1)C(=O)O.Cl. The number of carbonyl (C=O) groups is 1. The Morgan fingerprint density at radius 3 is 2.33 bits per heavy atom. The normalized spacial score (nSPS) is 11.6. The number of aliphatic carboxylic acids is 1. The Balaban J connectivity index is 0.00000196. The monoisotopic (exact) mass is 229 g/mol. The van der Waals surface area contributed by atoms with Gasteiger partial charge in [0, 0.05) is 0 Å². The lowest BCUT2D eigenvalue weighted by molar-refractivity contribution is -0.139. The van der Waals surface area contributed by atoms with E-state index in [1.807, 2.05) is 31.2 Å². The van der Waals surface area contributed by atoms with Gasteiger partial charge in [0.25, 0.3) is 0 Å². The van der Waals surface area contributed by atoms with E-state index in [-0.39, 0.29) is 12.4 Å². The fourth-order valence-electron chi connectivity index (χ4n) is 1.27. The predicted molar refractivity (Wildman–Crippen MR) is 62.6 cm³/mol. The Bertz CT molecular complexity index is 311. The highest BCUT2D eigenvalue weighted by atomic mass is 35.5. The van der Waals surface area contributed by atoms with Crippen LogP contribution in [0.25, 0.3) is 0 Å². The number of hydrogen-bond acceptors (Lipinski definition) is 2. The van der Waals surface area contributed by atoms with E-state index < -0.39 is 12.0 Å². The van der Waals surface area contributed by atoms with Crippen LogP contribution in [-0.4, -0.2) is 24.2 Å². The Morgan fingerprint density at radius 2 is 1.93 bits per heavy atom. The maximum Gasteiger partial charge on any atom is 0.321 e. The van der Waals surface area contributed by atoms with Gasteiger partial charge in [-0.2, -0.15) is 0 Å². The van der Waals surface area contributed by atoms with E-state index in [9.17, 15) is 4.79 Å². The molecule has 0 unspecified atom stereocenters. The first-order valence-electron chi connectivity index (χ1n) is 4.59. The van der Waals surface area contributed by atoms with Gasteiger partial charge in [-0.3, -0.25) is 4.79 Å². The van der Waals surface area contributed by atoms with E-state index in [1.165, 1.54) is 5.56 Å². The number of rotatable bonds is 4. The van der Waals surface area contributed by atoms with Crippen LogP contribution in [0, 0.1) is 6.92 Å². The van der Waals surface area contributed by atoms with Crippen LogP contribution in [0.2, 0.25) is 0 Å². The Kier molecular flexibility index (Phi) is 5.97. The summed E-state index contributed by atoms with van der Waals surface area (Å²) < 4.78 is 0. The molecule has 0 heterocycles. The van der Waals surface area contributed by atoms with Crippen molar-refractivity contribution < 1.29 is 9.90 Å². The highest BCUT2D eigenvalue weighted by molar-refractivity contribution is 5.85. The fraction of sp³-hybridized carbons (Fsp3) is 0.364. The minimum atomic E-state index is -0.812. The van der Waals surface area contributed by atoms with Crippen molar-refractivity contribution in [3.63, 3.8) is 0 Å². The van der Waals surface area contributed by atoms with Crippen molar-refractivity contribution in [2.24, 2.45) is 0 Å². The average molecular weight is 230 g/mol. The molecule has 0 aliphatic heterocycles. The lowest BCUT2D eigenvalue weighted by Crippen LogP contribution is -2.35. The second kappa shape index (κ2) is 6.43. The summed E-state index contributed by atoms with van der Waals surface area (Å²) in [4.78, 5) is 10.7. The minimum Gasteiger partial charge on any atom is -0.480 e. The van der Waals surface area contributed by atoms with Crippen LogP contribution in [-0.2, 0) is 11.2 Å². The molecule has 84 valence electrons. The molecule has 0 spiro atoms. The van der Waals surface area contributed by atoms with Crippen molar-refractivity contribution in [2.45, 2.75) is 19.4 Å². The van der Waals surface area contributed by atoms with Crippen LogP contribution in [0.15, 0.2) is 24.3 Å². The number of benzene rings is 1. The molecular formula is C11H16ClNO2. The van der Waals surface area contributed by atoms with Crippen molar-refractivity contribution in [3.05, 3.63) is 35.4 Å². The number of carboxylic acid groups (broad SMARTS) is 1. The first-order chi connectivity index (χ1) is 6.63. The third-order valence-corrected chi connectivity index (χ3v) is 2.21. The maximum absolute atomic E-state index is 10.7. The van der Waals surface area contributed by atoms with Crippen molar-refractivity contribution in [1.29, 1.82) is 0 Å². The molecule has 15 heavy (non-hydrogen) atoms.